The number of aryl methyl sites for hydroxylation is 1. The first kappa shape index (κ1) is 12.4. The zero-order valence-electron chi connectivity index (χ0n) is 9.70. The summed E-state index contributed by atoms with van der Waals surface area (Å²) in [6, 6.07) is 3.18. The molecule has 0 aliphatic rings. The van der Waals surface area contributed by atoms with Gasteiger partial charge in [-0.1, -0.05) is 18.5 Å². The molecule has 1 amide bonds. The minimum absolute atomic E-state index is 0.180. The van der Waals surface area contributed by atoms with Gasteiger partial charge in [0.05, 0.1) is 11.4 Å². The number of carbonyl (C=O) groups excluding carboxylic acids is 1. The Morgan fingerprint density at radius 1 is 1.61 bits per heavy atom. The van der Waals surface area contributed by atoms with Gasteiger partial charge in [0, 0.05) is 11.9 Å². The first-order chi connectivity index (χ1) is 8.61. The SMILES string of the molecule is CCc1[nH]nc(C(=O)Nc2ccnc(Cl)c2)c1N. The molecule has 0 aliphatic heterocycles. The summed E-state index contributed by atoms with van der Waals surface area (Å²) in [5, 5.41) is 9.58. The Balaban J connectivity index is 2.19. The van der Waals surface area contributed by atoms with Gasteiger partial charge in [-0.25, -0.2) is 4.98 Å². The number of amides is 1. The summed E-state index contributed by atoms with van der Waals surface area (Å²) < 4.78 is 0. The summed E-state index contributed by atoms with van der Waals surface area (Å²) in [6.07, 6.45) is 2.19. The van der Waals surface area contributed by atoms with Gasteiger partial charge in [-0.2, -0.15) is 5.10 Å². The van der Waals surface area contributed by atoms with E-state index in [-0.39, 0.29) is 11.6 Å². The van der Waals surface area contributed by atoms with Gasteiger partial charge in [-0.3, -0.25) is 9.89 Å². The van der Waals surface area contributed by atoms with E-state index < -0.39 is 0 Å². The second-order valence-electron chi connectivity index (χ2n) is 3.64. The van der Waals surface area contributed by atoms with Crippen molar-refractivity contribution >= 4 is 28.9 Å². The van der Waals surface area contributed by atoms with E-state index in [0.717, 1.165) is 5.69 Å². The Morgan fingerprint density at radius 3 is 3.00 bits per heavy atom. The molecule has 0 radical (unpaired) electrons. The number of pyridine rings is 1. The second kappa shape index (κ2) is 5.05. The smallest absolute Gasteiger partial charge is 0.278 e. The Labute approximate surface area is 109 Å². The minimum Gasteiger partial charge on any atom is -0.395 e. The molecule has 2 aromatic heterocycles. The van der Waals surface area contributed by atoms with Gasteiger partial charge in [0.25, 0.3) is 5.91 Å². The number of nitrogens with zero attached hydrogens (tertiary/aromatic N) is 2. The highest BCUT2D eigenvalue weighted by Crippen LogP contribution is 2.17. The molecule has 6 nitrogen and oxygen atoms in total. The summed E-state index contributed by atoms with van der Waals surface area (Å²) in [5.74, 6) is -0.384. The quantitative estimate of drug-likeness (QED) is 0.738. The molecule has 0 saturated heterocycles. The second-order valence-corrected chi connectivity index (χ2v) is 4.03. The number of halogens is 1. The van der Waals surface area contributed by atoms with Crippen LogP contribution in [-0.2, 0) is 6.42 Å². The van der Waals surface area contributed by atoms with Crippen LogP contribution in [0.5, 0.6) is 0 Å². The molecule has 0 aliphatic carbocycles. The van der Waals surface area contributed by atoms with E-state index in [0.29, 0.717) is 22.9 Å². The third-order valence-electron chi connectivity index (χ3n) is 2.44. The van der Waals surface area contributed by atoms with Crippen molar-refractivity contribution in [3.63, 3.8) is 0 Å². The minimum atomic E-state index is -0.384. The number of H-pyrrole nitrogens is 1. The predicted octanol–water partition coefficient (Wildman–Crippen LogP) is 1.85. The van der Waals surface area contributed by atoms with Crippen LogP contribution in [0.15, 0.2) is 18.3 Å². The van der Waals surface area contributed by atoms with Crippen LogP contribution < -0.4 is 11.1 Å². The highest BCUT2D eigenvalue weighted by molar-refractivity contribution is 6.29. The van der Waals surface area contributed by atoms with Gasteiger partial charge in [-0.05, 0) is 18.6 Å². The molecule has 2 aromatic rings. The molecule has 0 aromatic carbocycles. The van der Waals surface area contributed by atoms with Gasteiger partial charge >= 0.3 is 0 Å². The van der Waals surface area contributed by atoms with Crippen molar-refractivity contribution < 1.29 is 4.79 Å². The van der Waals surface area contributed by atoms with Crippen LogP contribution in [0.4, 0.5) is 11.4 Å². The van der Waals surface area contributed by atoms with Crippen molar-refractivity contribution in [2.45, 2.75) is 13.3 Å². The number of nitrogens with two attached hydrogens (primary N) is 1. The molecular formula is C11H12ClN5O. The molecule has 0 atom stereocenters. The maximum Gasteiger partial charge on any atom is 0.278 e. The molecule has 7 heteroatoms. The highest BCUT2D eigenvalue weighted by Gasteiger charge is 2.16. The van der Waals surface area contributed by atoms with Crippen molar-refractivity contribution in [2.24, 2.45) is 0 Å². The predicted molar refractivity (Wildman–Crippen MR) is 69.6 cm³/mol. The highest BCUT2D eigenvalue weighted by atomic mass is 35.5. The van der Waals surface area contributed by atoms with E-state index in [1.54, 1.807) is 12.1 Å². The number of aromatic amines is 1. The molecule has 0 saturated carbocycles. The third kappa shape index (κ3) is 2.43. The molecule has 18 heavy (non-hydrogen) atoms. The monoisotopic (exact) mass is 265 g/mol. The average molecular weight is 266 g/mol. The van der Waals surface area contributed by atoms with E-state index in [1.165, 1.54) is 6.20 Å². The van der Waals surface area contributed by atoms with Crippen LogP contribution in [0.3, 0.4) is 0 Å². The summed E-state index contributed by atoms with van der Waals surface area (Å²) in [5.41, 5.74) is 7.64. The van der Waals surface area contributed by atoms with Gasteiger partial charge < -0.3 is 11.1 Å². The lowest BCUT2D eigenvalue weighted by Crippen LogP contribution is -2.14. The fourth-order valence-corrected chi connectivity index (χ4v) is 1.67. The number of nitrogens with one attached hydrogen (secondary N) is 2. The molecule has 2 heterocycles. The van der Waals surface area contributed by atoms with E-state index in [2.05, 4.69) is 20.5 Å². The van der Waals surface area contributed by atoms with E-state index >= 15 is 0 Å². The molecule has 4 N–H and O–H groups in total. The standard InChI is InChI=1S/C11H12ClN5O/c1-2-7-9(13)10(17-16-7)11(18)15-6-3-4-14-8(12)5-6/h3-5H,2,13H2,1H3,(H,16,17)(H,14,15,18). The Hall–Kier alpha value is -2.08. The van der Waals surface area contributed by atoms with Crippen molar-refractivity contribution in [1.29, 1.82) is 0 Å². The Bertz CT molecular complexity index is 581. The first-order valence-corrected chi connectivity index (χ1v) is 5.75. The normalized spacial score (nSPS) is 10.3. The van der Waals surface area contributed by atoms with Gasteiger partial charge in [-0.15, -0.1) is 0 Å². The Kier molecular flexibility index (Phi) is 3.47. The van der Waals surface area contributed by atoms with Crippen LogP contribution in [0.2, 0.25) is 5.15 Å². The first-order valence-electron chi connectivity index (χ1n) is 5.37. The lowest BCUT2D eigenvalue weighted by Gasteiger charge is -2.03. The van der Waals surface area contributed by atoms with Gasteiger partial charge in [0.1, 0.15) is 5.15 Å². The Morgan fingerprint density at radius 2 is 2.39 bits per heavy atom. The number of hydrogen-bond acceptors (Lipinski definition) is 4. The lowest BCUT2D eigenvalue weighted by atomic mass is 10.2. The van der Waals surface area contributed by atoms with Crippen LogP contribution >= 0.6 is 11.6 Å². The number of aromatic nitrogens is 3. The number of nitrogen functional groups attached to an aromatic ring is 1. The zero-order chi connectivity index (χ0) is 13.1. The van der Waals surface area contributed by atoms with Gasteiger partial charge in [0.15, 0.2) is 5.69 Å². The van der Waals surface area contributed by atoms with E-state index in [4.69, 9.17) is 17.3 Å². The lowest BCUT2D eigenvalue weighted by molar-refractivity contribution is 0.102. The summed E-state index contributed by atoms with van der Waals surface area (Å²) in [6.45, 7) is 1.92. The molecule has 0 unspecified atom stereocenters. The molecular weight excluding hydrogens is 254 g/mol. The molecule has 94 valence electrons. The molecule has 0 bridgehead atoms. The van der Waals surface area contributed by atoms with Crippen molar-refractivity contribution in [3.05, 3.63) is 34.9 Å². The fourth-order valence-electron chi connectivity index (χ4n) is 1.50. The van der Waals surface area contributed by atoms with Crippen molar-refractivity contribution in [2.75, 3.05) is 11.1 Å². The maximum absolute atomic E-state index is 11.9. The maximum atomic E-state index is 11.9. The number of anilines is 2. The number of hydrogen-bond donors (Lipinski definition) is 3. The summed E-state index contributed by atoms with van der Waals surface area (Å²) in [7, 11) is 0. The van der Waals surface area contributed by atoms with E-state index in [9.17, 15) is 4.79 Å². The zero-order valence-corrected chi connectivity index (χ0v) is 10.5. The van der Waals surface area contributed by atoms with Crippen molar-refractivity contribution in [1.82, 2.24) is 15.2 Å². The topological polar surface area (TPSA) is 96.7 Å². The van der Waals surface area contributed by atoms with Crippen LogP contribution in [0.1, 0.15) is 23.1 Å². The van der Waals surface area contributed by atoms with E-state index in [1.807, 2.05) is 6.92 Å². The molecule has 0 fully saturated rings. The fraction of sp³-hybridized carbons (Fsp3) is 0.182. The van der Waals surface area contributed by atoms with Crippen LogP contribution in [0, 0.1) is 0 Å². The van der Waals surface area contributed by atoms with Crippen molar-refractivity contribution in [3.8, 4) is 0 Å². The largest absolute Gasteiger partial charge is 0.395 e. The average Bonchev–Trinajstić information content (AvgIpc) is 2.70. The van der Waals surface area contributed by atoms with Crippen LogP contribution in [-0.4, -0.2) is 21.1 Å². The molecule has 0 spiro atoms. The van der Waals surface area contributed by atoms with Crippen LogP contribution in [0.25, 0.3) is 0 Å². The number of rotatable bonds is 3. The van der Waals surface area contributed by atoms with Gasteiger partial charge in [0.2, 0.25) is 0 Å². The molecule has 2 rings (SSSR count). The third-order valence-corrected chi connectivity index (χ3v) is 2.64. The summed E-state index contributed by atoms with van der Waals surface area (Å²) >= 11 is 5.72. The number of carbonyl (C=O) groups is 1. The summed E-state index contributed by atoms with van der Waals surface area (Å²) in [4.78, 5) is 15.8.